The first kappa shape index (κ1) is 28.4. The van der Waals surface area contributed by atoms with Crippen LogP contribution in [0.5, 0.6) is 11.5 Å². The van der Waals surface area contributed by atoms with Gasteiger partial charge in [-0.15, -0.1) is 0 Å². The Hall–Kier alpha value is -4.15. The van der Waals surface area contributed by atoms with Crippen molar-refractivity contribution < 1.29 is 46.9 Å². The van der Waals surface area contributed by atoms with Gasteiger partial charge in [0, 0.05) is 18.0 Å². The number of aryl methyl sites for hydroxylation is 1. The number of alkyl halides is 4. The Bertz CT molecular complexity index is 1540. The molecule has 3 atom stereocenters. The number of carbonyl (C=O) groups is 2. The number of hydrogen-bond donors (Lipinski definition) is 3. The minimum atomic E-state index is -5.12. The summed E-state index contributed by atoms with van der Waals surface area (Å²) in [6.45, 7) is 0.651. The average Bonchev–Trinajstić information content (AvgIpc) is 3.29. The second-order valence-electron chi connectivity index (χ2n) is 10.8. The van der Waals surface area contributed by atoms with Gasteiger partial charge in [-0.1, -0.05) is 30.3 Å². The van der Waals surface area contributed by atoms with Crippen LogP contribution in [0.15, 0.2) is 54.6 Å². The summed E-state index contributed by atoms with van der Waals surface area (Å²) in [5, 5.41) is 29.8. The van der Waals surface area contributed by atoms with Crippen LogP contribution in [0.2, 0.25) is 0 Å². The van der Waals surface area contributed by atoms with Crippen molar-refractivity contribution in [3.63, 3.8) is 0 Å². The maximum Gasteiger partial charge on any atom is 0.426 e. The summed E-state index contributed by atoms with van der Waals surface area (Å²) < 4.78 is 68.9. The summed E-state index contributed by atoms with van der Waals surface area (Å²) in [5.41, 5.74) is -3.90. The highest BCUT2D eigenvalue weighted by Crippen LogP contribution is 2.51. The molecule has 1 amide bonds. The summed E-state index contributed by atoms with van der Waals surface area (Å²) in [7, 11) is 0. The third-order valence-electron chi connectivity index (χ3n) is 8.48. The first-order valence-corrected chi connectivity index (χ1v) is 12.9. The lowest BCUT2D eigenvalue weighted by molar-refractivity contribution is -0.228. The molecule has 1 aliphatic heterocycles. The van der Waals surface area contributed by atoms with Crippen molar-refractivity contribution in [2.75, 3.05) is 6.54 Å². The van der Waals surface area contributed by atoms with Crippen molar-refractivity contribution >= 4 is 11.9 Å². The number of rotatable bonds is 5. The molecule has 3 aromatic rings. The number of phenols is 2. The second kappa shape index (κ2) is 9.74. The summed E-state index contributed by atoms with van der Waals surface area (Å²) in [6, 6.07) is 10.7. The Kier molecular flexibility index (Phi) is 6.74. The van der Waals surface area contributed by atoms with Gasteiger partial charge in [0.1, 0.15) is 22.9 Å². The molecule has 216 valence electrons. The van der Waals surface area contributed by atoms with Crippen LogP contribution in [0.4, 0.5) is 22.0 Å². The van der Waals surface area contributed by atoms with Gasteiger partial charge in [-0.3, -0.25) is 4.79 Å². The SMILES string of the molecule is CC(F)(c1ccc2c(c1)CC[C@H]1N(C(=O)c3cc(O)c(C(=O)O)cc3O)CC[C@@]21Cc1ccc(F)cc1)C(F)(F)F. The number of carboxylic acid groups (broad SMARTS) is 1. The molecule has 5 rings (SSSR count). The van der Waals surface area contributed by atoms with E-state index in [1.54, 1.807) is 12.1 Å². The number of fused-ring (bicyclic) bond motifs is 3. The third kappa shape index (κ3) is 4.66. The fraction of sp³-hybridized carbons (Fsp3) is 0.333. The van der Waals surface area contributed by atoms with Gasteiger partial charge in [0.25, 0.3) is 5.91 Å². The van der Waals surface area contributed by atoms with E-state index in [0.29, 0.717) is 37.3 Å². The zero-order valence-corrected chi connectivity index (χ0v) is 21.8. The molecule has 1 saturated heterocycles. The van der Waals surface area contributed by atoms with Crippen LogP contribution in [0, 0.1) is 5.82 Å². The van der Waals surface area contributed by atoms with Crippen LogP contribution in [0.25, 0.3) is 0 Å². The van der Waals surface area contributed by atoms with E-state index in [2.05, 4.69) is 0 Å². The zero-order chi connectivity index (χ0) is 29.9. The molecule has 0 bridgehead atoms. The summed E-state index contributed by atoms with van der Waals surface area (Å²) in [5.74, 6) is -3.93. The number of phenolic OH excluding ortho intramolecular Hbond substituents is 1. The van der Waals surface area contributed by atoms with Gasteiger partial charge < -0.3 is 20.2 Å². The zero-order valence-electron chi connectivity index (χ0n) is 21.8. The van der Waals surface area contributed by atoms with Crippen LogP contribution in [-0.2, 0) is 23.9 Å². The highest BCUT2D eigenvalue weighted by Gasteiger charge is 2.56. The maximum absolute atomic E-state index is 14.9. The molecule has 6 nitrogen and oxygen atoms in total. The van der Waals surface area contributed by atoms with E-state index in [-0.39, 0.29) is 18.5 Å². The van der Waals surface area contributed by atoms with Crippen LogP contribution >= 0.6 is 0 Å². The molecule has 0 saturated carbocycles. The molecule has 1 aliphatic carbocycles. The predicted molar refractivity (Wildman–Crippen MR) is 137 cm³/mol. The summed E-state index contributed by atoms with van der Waals surface area (Å²) in [4.78, 5) is 26.5. The van der Waals surface area contributed by atoms with Gasteiger partial charge >= 0.3 is 12.1 Å². The molecule has 1 unspecified atom stereocenters. The van der Waals surface area contributed by atoms with Gasteiger partial charge in [0.15, 0.2) is 0 Å². The number of aromatic carboxylic acids is 1. The van der Waals surface area contributed by atoms with Crippen molar-refractivity contribution in [3.8, 4) is 11.5 Å². The minimum absolute atomic E-state index is 0.177. The van der Waals surface area contributed by atoms with Gasteiger partial charge in [-0.2, -0.15) is 13.2 Å². The van der Waals surface area contributed by atoms with Crippen molar-refractivity contribution in [1.82, 2.24) is 4.90 Å². The van der Waals surface area contributed by atoms with E-state index >= 15 is 0 Å². The molecule has 3 N–H and O–H groups in total. The molecule has 1 fully saturated rings. The molecule has 0 aromatic heterocycles. The van der Waals surface area contributed by atoms with E-state index in [0.717, 1.165) is 23.8 Å². The topological polar surface area (TPSA) is 98.1 Å². The summed E-state index contributed by atoms with van der Waals surface area (Å²) in [6.07, 6.45) is -3.91. The number of carboxylic acids is 1. The number of amides is 1. The number of hydrogen-bond acceptors (Lipinski definition) is 4. The lowest BCUT2D eigenvalue weighted by Crippen LogP contribution is -2.49. The minimum Gasteiger partial charge on any atom is -0.507 e. The van der Waals surface area contributed by atoms with E-state index in [4.69, 9.17) is 0 Å². The van der Waals surface area contributed by atoms with Crippen molar-refractivity contribution in [3.05, 3.63) is 93.8 Å². The van der Waals surface area contributed by atoms with E-state index in [9.17, 15) is 46.9 Å². The molecule has 1 heterocycles. The summed E-state index contributed by atoms with van der Waals surface area (Å²) >= 11 is 0. The van der Waals surface area contributed by atoms with Gasteiger partial charge in [0.2, 0.25) is 5.67 Å². The number of carbonyl (C=O) groups excluding carboxylic acids is 1. The largest absolute Gasteiger partial charge is 0.507 e. The highest BCUT2D eigenvalue weighted by atomic mass is 19.4. The Balaban J connectivity index is 1.59. The Labute approximate surface area is 231 Å². The smallest absolute Gasteiger partial charge is 0.426 e. The number of nitrogens with zero attached hydrogens (tertiary/aromatic N) is 1. The highest BCUT2D eigenvalue weighted by molar-refractivity contribution is 6.00. The number of likely N-dealkylation sites (tertiary alicyclic amines) is 1. The molecule has 2 aliphatic rings. The monoisotopic (exact) mass is 575 g/mol. The lowest BCUT2D eigenvalue weighted by Gasteiger charge is -2.44. The van der Waals surface area contributed by atoms with E-state index < -0.39 is 63.6 Å². The quantitative estimate of drug-likeness (QED) is 0.255. The van der Waals surface area contributed by atoms with Gasteiger partial charge in [-0.25, -0.2) is 13.6 Å². The Morgan fingerprint density at radius 3 is 2.24 bits per heavy atom. The molecular weight excluding hydrogens is 549 g/mol. The van der Waals surface area contributed by atoms with E-state index in [1.165, 1.54) is 29.2 Å². The Morgan fingerprint density at radius 2 is 1.61 bits per heavy atom. The fourth-order valence-corrected chi connectivity index (χ4v) is 6.31. The molecule has 0 spiro atoms. The van der Waals surface area contributed by atoms with Crippen molar-refractivity contribution in [2.45, 2.75) is 55.9 Å². The molecular formula is C30H26F5NO5. The van der Waals surface area contributed by atoms with Crippen molar-refractivity contribution in [2.24, 2.45) is 0 Å². The van der Waals surface area contributed by atoms with Crippen LogP contribution in [0.3, 0.4) is 0 Å². The molecule has 11 heteroatoms. The van der Waals surface area contributed by atoms with E-state index in [1.807, 2.05) is 0 Å². The van der Waals surface area contributed by atoms with Gasteiger partial charge in [-0.05, 0) is 79.1 Å². The fourth-order valence-electron chi connectivity index (χ4n) is 6.31. The average molecular weight is 576 g/mol. The van der Waals surface area contributed by atoms with Crippen molar-refractivity contribution in [1.29, 1.82) is 0 Å². The maximum atomic E-state index is 14.9. The standard InChI is InChI=1S/C30H26F5NO5/c1-28(32,30(33,34)35)18-5-8-22-17(12-18)4-9-25-29(22,15-16-2-6-19(31)7-3-16)10-11-36(25)26(39)20-13-24(38)21(27(40)41)14-23(20)37/h2-3,5-8,12-14,25,37-38H,4,9-11,15H2,1H3,(H,40,41)/t25-,28?,29-/m1/s1. The first-order chi connectivity index (χ1) is 19.2. The molecule has 3 aromatic carbocycles. The molecule has 0 radical (unpaired) electrons. The second-order valence-corrected chi connectivity index (χ2v) is 10.8. The normalized spacial score (nSPS) is 21.6. The van der Waals surface area contributed by atoms with Crippen LogP contribution < -0.4 is 0 Å². The number of halogens is 5. The number of aromatic hydroxyl groups is 2. The number of benzene rings is 3. The van der Waals surface area contributed by atoms with Gasteiger partial charge in [0.05, 0.1) is 5.56 Å². The third-order valence-corrected chi connectivity index (χ3v) is 8.48. The lowest BCUT2D eigenvalue weighted by atomic mass is 9.63. The van der Waals surface area contributed by atoms with Crippen LogP contribution in [-0.4, -0.2) is 50.9 Å². The van der Waals surface area contributed by atoms with Crippen LogP contribution in [0.1, 0.15) is 62.7 Å². The molecule has 41 heavy (non-hydrogen) atoms. The first-order valence-electron chi connectivity index (χ1n) is 12.9. The Morgan fingerprint density at radius 1 is 0.976 bits per heavy atom. The predicted octanol–water partition coefficient (Wildman–Crippen LogP) is 6.02.